The molecular formula is C13H20N2O2. The Morgan fingerprint density at radius 3 is 3.00 bits per heavy atom. The Morgan fingerprint density at radius 1 is 1.53 bits per heavy atom. The Hall–Kier alpha value is -1.13. The van der Waals surface area contributed by atoms with Crippen molar-refractivity contribution >= 4 is 0 Å². The quantitative estimate of drug-likeness (QED) is 0.862. The SMILES string of the molecule is Cc1cc(OCC2CCOC2)c(CN)c(C)n1. The average molecular weight is 236 g/mol. The first-order chi connectivity index (χ1) is 8.20. The molecule has 2 rings (SSSR count). The Kier molecular flexibility index (Phi) is 3.97. The first kappa shape index (κ1) is 12.3. The molecule has 1 atom stereocenters. The Labute approximate surface area is 102 Å². The minimum atomic E-state index is 0.468. The van der Waals surface area contributed by atoms with Gasteiger partial charge in [0.1, 0.15) is 5.75 Å². The van der Waals surface area contributed by atoms with E-state index in [4.69, 9.17) is 15.2 Å². The van der Waals surface area contributed by atoms with Gasteiger partial charge in [0, 0.05) is 42.1 Å². The van der Waals surface area contributed by atoms with E-state index < -0.39 is 0 Å². The van der Waals surface area contributed by atoms with Gasteiger partial charge in [0.2, 0.25) is 0 Å². The number of nitrogens with zero attached hydrogens (tertiary/aromatic N) is 1. The van der Waals surface area contributed by atoms with Crippen LogP contribution >= 0.6 is 0 Å². The van der Waals surface area contributed by atoms with Gasteiger partial charge in [0.15, 0.2) is 0 Å². The molecule has 1 fully saturated rings. The molecule has 1 aromatic rings. The van der Waals surface area contributed by atoms with Gasteiger partial charge in [-0.2, -0.15) is 0 Å². The van der Waals surface area contributed by atoms with Crippen LogP contribution < -0.4 is 10.5 Å². The third-order valence-corrected chi connectivity index (χ3v) is 3.12. The maximum atomic E-state index is 5.87. The molecule has 0 aromatic carbocycles. The Bertz CT molecular complexity index is 387. The molecular weight excluding hydrogens is 216 g/mol. The van der Waals surface area contributed by atoms with Gasteiger partial charge >= 0.3 is 0 Å². The molecule has 1 aliphatic rings. The smallest absolute Gasteiger partial charge is 0.127 e. The number of rotatable bonds is 4. The predicted molar refractivity (Wildman–Crippen MR) is 66.0 cm³/mol. The number of nitrogens with two attached hydrogens (primary N) is 1. The standard InChI is InChI=1S/C13H20N2O2/c1-9-5-13(12(6-14)10(2)15-9)17-8-11-3-4-16-7-11/h5,11H,3-4,6-8,14H2,1-2H3. The molecule has 4 nitrogen and oxygen atoms in total. The molecule has 0 radical (unpaired) electrons. The molecule has 0 amide bonds. The van der Waals surface area contributed by atoms with Gasteiger partial charge in [-0.15, -0.1) is 0 Å². The van der Waals surface area contributed by atoms with Crippen molar-refractivity contribution in [2.75, 3.05) is 19.8 Å². The van der Waals surface area contributed by atoms with E-state index in [0.29, 0.717) is 19.1 Å². The van der Waals surface area contributed by atoms with Crippen molar-refractivity contribution in [1.29, 1.82) is 0 Å². The molecule has 1 saturated heterocycles. The molecule has 1 aliphatic heterocycles. The average Bonchev–Trinajstić information content (AvgIpc) is 2.78. The molecule has 0 saturated carbocycles. The predicted octanol–water partition coefficient (Wildman–Crippen LogP) is 1.57. The Balaban J connectivity index is 2.07. The Morgan fingerprint density at radius 2 is 2.35 bits per heavy atom. The maximum absolute atomic E-state index is 5.87. The van der Waals surface area contributed by atoms with Crippen LogP contribution in [0.25, 0.3) is 0 Å². The van der Waals surface area contributed by atoms with Crippen LogP contribution in [0.2, 0.25) is 0 Å². The molecule has 94 valence electrons. The first-order valence-electron chi connectivity index (χ1n) is 6.08. The molecule has 0 spiro atoms. The van der Waals surface area contributed by atoms with Gasteiger partial charge in [-0.3, -0.25) is 4.98 Å². The highest BCUT2D eigenvalue weighted by atomic mass is 16.5. The summed E-state index contributed by atoms with van der Waals surface area (Å²) in [5.41, 5.74) is 8.68. The lowest BCUT2D eigenvalue weighted by Crippen LogP contribution is -2.14. The minimum Gasteiger partial charge on any atom is -0.493 e. The first-order valence-corrected chi connectivity index (χ1v) is 6.08. The highest BCUT2D eigenvalue weighted by Crippen LogP contribution is 2.23. The lowest BCUT2D eigenvalue weighted by Gasteiger charge is -2.15. The zero-order valence-corrected chi connectivity index (χ0v) is 10.5. The highest BCUT2D eigenvalue weighted by molar-refractivity contribution is 5.37. The van der Waals surface area contributed by atoms with Crippen molar-refractivity contribution in [3.05, 3.63) is 23.0 Å². The van der Waals surface area contributed by atoms with Crippen LogP contribution in [-0.2, 0) is 11.3 Å². The van der Waals surface area contributed by atoms with Gasteiger partial charge in [0.05, 0.1) is 13.2 Å². The summed E-state index contributed by atoms with van der Waals surface area (Å²) in [6.07, 6.45) is 1.08. The number of pyridine rings is 1. The molecule has 0 aliphatic carbocycles. The second-order valence-corrected chi connectivity index (χ2v) is 4.57. The summed E-state index contributed by atoms with van der Waals surface area (Å²) in [5, 5.41) is 0. The van der Waals surface area contributed by atoms with Crippen molar-refractivity contribution in [3.63, 3.8) is 0 Å². The molecule has 0 bridgehead atoms. The zero-order chi connectivity index (χ0) is 12.3. The zero-order valence-electron chi connectivity index (χ0n) is 10.5. The van der Waals surface area contributed by atoms with E-state index in [9.17, 15) is 0 Å². The second-order valence-electron chi connectivity index (χ2n) is 4.57. The van der Waals surface area contributed by atoms with Crippen LogP contribution in [0, 0.1) is 19.8 Å². The lowest BCUT2D eigenvalue weighted by molar-refractivity contribution is 0.166. The van der Waals surface area contributed by atoms with Gasteiger partial charge in [0.25, 0.3) is 0 Å². The van der Waals surface area contributed by atoms with Crippen molar-refractivity contribution in [2.24, 2.45) is 11.7 Å². The van der Waals surface area contributed by atoms with Crippen molar-refractivity contribution < 1.29 is 9.47 Å². The van der Waals surface area contributed by atoms with Crippen LogP contribution in [0.15, 0.2) is 6.07 Å². The number of ether oxygens (including phenoxy) is 2. The molecule has 2 heterocycles. The molecule has 1 unspecified atom stereocenters. The number of hydrogen-bond donors (Lipinski definition) is 1. The van der Waals surface area contributed by atoms with Crippen LogP contribution in [0.5, 0.6) is 5.75 Å². The van der Waals surface area contributed by atoms with E-state index >= 15 is 0 Å². The molecule has 2 N–H and O–H groups in total. The third kappa shape index (κ3) is 2.96. The van der Waals surface area contributed by atoms with E-state index in [1.54, 1.807) is 0 Å². The summed E-state index contributed by atoms with van der Waals surface area (Å²) < 4.78 is 11.2. The van der Waals surface area contributed by atoms with Crippen molar-refractivity contribution in [3.8, 4) is 5.75 Å². The fourth-order valence-electron chi connectivity index (χ4n) is 2.12. The summed E-state index contributed by atoms with van der Waals surface area (Å²) in [6.45, 7) is 6.78. The maximum Gasteiger partial charge on any atom is 0.127 e. The monoisotopic (exact) mass is 236 g/mol. The van der Waals surface area contributed by atoms with E-state index in [2.05, 4.69) is 4.98 Å². The normalized spacial score (nSPS) is 19.6. The largest absolute Gasteiger partial charge is 0.493 e. The van der Waals surface area contributed by atoms with E-state index in [1.165, 1.54) is 0 Å². The molecule has 4 heteroatoms. The summed E-state index contributed by atoms with van der Waals surface area (Å²) in [7, 11) is 0. The van der Waals surface area contributed by atoms with Gasteiger partial charge < -0.3 is 15.2 Å². The van der Waals surface area contributed by atoms with Crippen molar-refractivity contribution in [2.45, 2.75) is 26.8 Å². The molecule has 17 heavy (non-hydrogen) atoms. The topological polar surface area (TPSA) is 57.4 Å². The van der Waals surface area contributed by atoms with Crippen LogP contribution in [-0.4, -0.2) is 24.8 Å². The van der Waals surface area contributed by atoms with E-state index in [0.717, 1.165) is 42.3 Å². The lowest BCUT2D eigenvalue weighted by atomic mass is 10.1. The van der Waals surface area contributed by atoms with E-state index in [-0.39, 0.29) is 0 Å². The van der Waals surface area contributed by atoms with Gasteiger partial charge in [-0.25, -0.2) is 0 Å². The van der Waals surface area contributed by atoms with Gasteiger partial charge in [-0.05, 0) is 20.3 Å². The van der Waals surface area contributed by atoms with Crippen molar-refractivity contribution in [1.82, 2.24) is 4.98 Å². The highest BCUT2D eigenvalue weighted by Gasteiger charge is 2.17. The van der Waals surface area contributed by atoms with Crippen LogP contribution in [0.4, 0.5) is 0 Å². The third-order valence-electron chi connectivity index (χ3n) is 3.12. The summed E-state index contributed by atoms with van der Waals surface area (Å²) >= 11 is 0. The number of hydrogen-bond acceptors (Lipinski definition) is 4. The van der Waals surface area contributed by atoms with Gasteiger partial charge in [-0.1, -0.05) is 0 Å². The fourth-order valence-corrected chi connectivity index (χ4v) is 2.12. The minimum absolute atomic E-state index is 0.468. The van der Waals surface area contributed by atoms with Crippen LogP contribution in [0.1, 0.15) is 23.4 Å². The summed E-state index contributed by atoms with van der Waals surface area (Å²) in [5.74, 6) is 1.39. The van der Waals surface area contributed by atoms with E-state index in [1.807, 2.05) is 19.9 Å². The number of aromatic nitrogens is 1. The second kappa shape index (κ2) is 5.47. The summed E-state index contributed by atoms with van der Waals surface area (Å²) in [4.78, 5) is 4.40. The fraction of sp³-hybridized carbons (Fsp3) is 0.615. The summed E-state index contributed by atoms with van der Waals surface area (Å²) in [6, 6.07) is 1.96. The number of aryl methyl sites for hydroxylation is 2. The van der Waals surface area contributed by atoms with Crippen LogP contribution in [0.3, 0.4) is 0 Å². The molecule has 1 aromatic heterocycles.